The molecule has 0 aliphatic carbocycles. The summed E-state index contributed by atoms with van der Waals surface area (Å²) in [6.07, 6.45) is 3.08. The molecule has 0 spiro atoms. The third-order valence-corrected chi connectivity index (χ3v) is 7.24. The summed E-state index contributed by atoms with van der Waals surface area (Å²) in [5.41, 5.74) is 2.18. The van der Waals surface area contributed by atoms with Crippen molar-refractivity contribution in [2.24, 2.45) is 0 Å². The molecule has 0 fully saturated rings. The van der Waals surface area contributed by atoms with Crippen molar-refractivity contribution in [3.05, 3.63) is 45.6 Å². The van der Waals surface area contributed by atoms with Gasteiger partial charge in [0.25, 0.3) is 10.0 Å². The van der Waals surface area contributed by atoms with Crippen molar-refractivity contribution in [2.75, 3.05) is 6.54 Å². The molecule has 3 N–H and O–H groups in total. The molecule has 0 aromatic carbocycles. The van der Waals surface area contributed by atoms with Gasteiger partial charge in [0.1, 0.15) is 4.21 Å². The predicted molar refractivity (Wildman–Crippen MR) is 94.3 cm³/mol. The number of hydrogen-bond donors (Lipinski definition) is 3. The maximum atomic E-state index is 12.7. The van der Waals surface area contributed by atoms with E-state index in [1.54, 1.807) is 12.3 Å². The minimum Gasteiger partial charge on any atom is -0.478 e. The predicted octanol–water partition coefficient (Wildman–Crippen LogP) is 1.53. The minimum atomic E-state index is -3.92. The van der Waals surface area contributed by atoms with E-state index < -0.39 is 16.0 Å². The summed E-state index contributed by atoms with van der Waals surface area (Å²) < 4.78 is 27.7. The number of aromatic nitrogens is 1. The van der Waals surface area contributed by atoms with E-state index in [0.29, 0.717) is 30.8 Å². The van der Waals surface area contributed by atoms with Gasteiger partial charge in [-0.05, 0) is 36.6 Å². The van der Waals surface area contributed by atoms with E-state index in [1.165, 1.54) is 0 Å². The third-order valence-electron chi connectivity index (χ3n) is 4.09. The second kappa shape index (κ2) is 7.20. The summed E-state index contributed by atoms with van der Waals surface area (Å²) in [4.78, 5) is 16.6. The Labute approximate surface area is 150 Å². The molecule has 0 amide bonds. The molecule has 2 aromatic rings. The summed E-state index contributed by atoms with van der Waals surface area (Å²) in [5, 5.41) is 12.6. The van der Waals surface area contributed by atoms with Crippen LogP contribution in [0.3, 0.4) is 0 Å². The molecule has 0 bridgehead atoms. The fourth-order valence-corrected chi connectivity index (χ4v) is 5.62. The highest BCUT2D eigenvalue weighted by molar-refractivity contribution is 7.91. The van der Waals surface area contributed by atoms with Gasteiger partial charge in [0, 0.05) is 17.6 Å². The molecular weight excluding hydrogens is 362 g/mol. The number of carboxylic acids is 1. The SMILES string of the molecule is CCc1ccc(CNS(=O)(=O)c2sc3c(c2C(=O)O)CCNC3)nc1. The topological polar surface area (TPSA) is 108 Å². The van der Waals surface area contributed by atoms with E-state index in [4.69, 9.17) is 0 Å². The van der Waals surface area contributed by atoms with Crippen molar-refractivity contribution in [2.45, 2.75) is 37.1 Å². The van der Waals surface area contributed by atoms with Crippen LogP contribution in [0, 0.1) is 0 Å². The lowest BCUT2D eigenvalue weighted by Crippen LogP contribution is -2.25. The van der Waals surface area contributed by atoms with Gasteiger partial charge in [0.05, 0.1) is 17.8 Å². The van der Waals surface area contributed by atoms with Crippen LogP contribution in [0.1, 0.15) is 39.0 Å². The molecule has 0 radical (unpaired) electrons. The minimum absolute atomic E-state index is 0.0200. The van der Waals surface area contributed by atoms with E-state index in [9.17, 15) is 18.3 Å². The van der Waals surface area contributed by atoms with Crippen LogP contribution in [0.5, 0.6) is 0 Å². The number of pyridine rings is 1. The van der Waals surface area contributed by atoms with Gasteiger partial charge in [0.15, 0.2) is 0 Å². The molecule has 0 saturated heterocycles. The van der Waals surface area contributed by atoms with Crippen molar-refractivity contribution >= 4 is 27.3 Å². The highest BCUT2D eigenvalue weighted by Crippen LogP contribution is 2.34. The number of thiophene rings is 1. The maximum absolute atomic E-state index is 12.7. The van der Waals surface area contributed by atoms with E-state index in [2.05, 4.69) is 15.0 Å². The van der Waals surface area contributed by atoms with Gasteiger partial charge in [-0.1, -0.05) is 13.0 Å². The summed E-state index contributed by atoms with van der Waals surface area (Å²) >= 11 is 1.02. The van der Waals surface area contributed by atoms with Gasteiger partial charge < -0.3 is 10.4 Å². The first-order valence-electron chi connectivity index (χ1n) is 7.94. The summed E-state index contributed by atoms with van der Waals surface area (Å²) in [5.74, 6) is -1.20. The second-order valence-corrected chi connectivity index (χ2v) is 8.80. The first-order valence-corrected chi connectivity index (χ1v) is 10.2. The molecular formula is C16H19N3O4S2. The van der Waals surface area contributed by atoms with Crippen molar-refractivity contribution in [1.29, 1.82) is 0 Å². The molecule has 0 saturated carbocycles. The average molecular weight is 381 g/mol. The zero-order valence-electron chi connectivity index (χ0n) is 13.7. The standard InChI is InChI=1S/C16H19N3O4S2/c1-2-10-3-4-11(18-7-10)8-19-25(22,23)16-14(15(20)21)12-5-6-17-9-13(12)24-16/h3-4,7,17,19H,2,5-6,8-9H2,1H3,(H,20,21). The molecule has 3 rings (SSSR count). The zero-order valence-corrected chi connectivity index (χ0v) is 15.3. The largest absolute Gasteiger partial charge is 0.478 e. The molecule has 9 heteroatoms. The van der Waals surface area contributed by atoms with Crippen LogP contribution in [0.2, 0.25) is 0 Å². The number of rotatable bonds is 6. The van der Waals surface area contributed by atoms with Crippen LogP contribution in [0.15, 0.2) is 22.5 Å². The van der Waals surface area contributed by atoms with Crippen LogP contribution in [-0.4, -0.2) is 31.0 Å². The van der Waals surface area contributed by atoms with Crippen molar-refractivity contribution < 1.29 is 18.3 Å². The summed E-state index contributed by atoms with van der Waals surface area (Å²) in [6, 6.07) is 3.66. The van der Waals surface area contributed by atoms with Crippen LogP contribution < -0.4 is 10.0 Å². The number of sulfonamides is 1. The average Bonchev–Trinajstić information content (AvgIpc) is 3.01. The molecule has 134 valence electrons. The highest BCUT2D eigenvalue weighted by atomic mass is 32.2. The molecule has 3 heterocycles. The Morgan fingerprint density at radius 3 is 2.88 bits per heavy atom. The van der Waals surface area contributed by atoms with Crippen LogP contribution in [0.25, 0.3) is 0 Å². The van der Waals surface area contributed by atoms with Crippen LogP contribution in [-0.2, 0) is 36.0 Å². The number of fused-ring (bicyclic) bond motifs is 1. The normalized spacial score (nSPS) is 14.3. The zero-order chi connectivity index (χ0) is 18.0. The number of nitrogens with one attached hydrogen (secondary N) is 2. The van der Waals surface area contributed by atoms with Crippen molar-refractivity contribution in [3.63, 3.8) is 0 Å². The van der Waals surface area contributed by atoms with Gasteiger partial charge in [-0.25, -0.2) is 17.9 Å². The fraction of sp³-hybridized carbons (Fsp3) is 0.375. The third kappa shape index (κ3) is 3.74. The van der Waals surface area contributed by atoms with Gasteiger partial charge >= 0.3 is 5.97 Å². The summed E-state index contributed by atoms with van der Waals surface area (Å²) in [7, 11) is -3.92. The molecule has 1 aliphatic rings. The quantitative estimate of drug-likeness (QED) is 0.700. The van der Waals surface area contributed by atoms with E-state index in [-0.39, 0.29) is 16.3 Å². The number of hydrogen-bond acceptors (Lipinski definition) is 6. The Morgan fingerprint density at radius 1 is 1.44 bits per heavy atom. The first-order chi connectivity index (χ1) is 11.9. The van der Waals surface area contributed by atoms with Gasteiger partial charge in [-0.15, -0.1) is 11.3 Å². The monoisotopic (exact) mass is 381 g/mol. The number of nitrogens with zero attached hydrogens (tertiary/aromatic N) is 1. The lowest BCUT2D eigenvalue weighted by molar-refractivity contribution is 0.0692. The Kier molecular flexibility index (Phi) is 5.19. The van der Waals surface area contributed by atoms with Crippen molar-refractivity contribution in [3.8, 4) is 0 Å². The fourth-order valence-electron chi connectivity index (χ4n) is 2.72. The number of carbonyl (C=O) groups is 1. The van der Waals surface area contributed by atoms with E-state index >= 15 is 0 Å². The molecule has 25 heavy (non-hydrogen) atoms. The van der Waals surface area contributed by atoms with Gasteiger partial charge in [0.2, 0.25) is 0 Å². The maximum Gasteiger partial charge on any atom is 0.338 e. The molecule has 7 nitrogen and oxygen atoms in total. The smallest absolute Gasteiger partial charge is 0.338 e. The summed E-state index contributed by atoms with van der Waals surface area (Å²) in [6.45, 7) is 3.17. The Hall–Kier alpha value is -1.81. The number of aryl methyl sites for hydroxylation is 1. The Balaban J connectivity index is 1.86. The van der Waals surface area contributed by atoms with Gasteiger partial charge in [-0.2, -0.15) is 0 Å². The van der Waals surface area contributed by atoms with Crippen LogP contribution >= 0.6 is 11.3 Å². The molecule has 1 aliphatic heterocycles. The Bertz CT molecular complexity index is 889. The number of carboxylic acid groups (broad SMARTS) is 1. The molecule has 2 aromatic heterocycles. The van der Waals surface area contributed by atoms with E-state index in [1.807, 2.05) is 13.0 Å². The van der Waals surface area contributed by atoms with E-state index in [0.717, 1.165) is 28.2 Å². The molecule has 0 atom stereocenters. The van der Waals surface area contributed by atoms with Gasteiger partial charge in [-0.3, -0.25) is 4.98 Å². The highest BCUT2D eigenvalue weighted by Gasteiger charge is 2.31. The lowest BCUT2D eigenvalue weighted by atomic mass is 10.1. The van der Waals surface area contributed by atoms with Crippen molar-refractivity contribution in [1.82, 2.24) is 15.0 Å². The lowest BCUT2D eigenvalue weighted by Gasteiger charge is -2.12. The Morgan fingerprint density at radius 2 is 2.24 bits per heavy atom. The number of aromatic carboxylic acids is 1. The molecule has 0 unspecified atom stereocenters. The first kappa shape index (κ1) is 18.0. The van der Waals surface area contributed by atoms with Crippen LogP contribution in [0.4, 0.5) is 0 Å². The second-order valence-electron chi connectivity index (χ2n) is 5.73.